The van der Waals surface area contributed by atoms with Gasteiger partial charge < -0.3 is 5.11 Å². The van der Waals surface area contributed by atoms with Gasteiger partial charge in [0.1, 0.15) is 0 Å². The maximum atomic E-state index is 10.5. The minimum Gasteiger partial charge on any atom is -0.481 e. The molecule has 0 unspecified atom stereocenters. The molecule has 0 amide bonds. The molecule has 5 heteroatoms. The molecule has 0 spiro atoms. The van der Waals surface area contributed by atoms with Gasteiger partial charge in [-0.05, 0) is 24.6 Å². The van der Waals surface area contributed by atoms with Crippen LogP contribution >= 0.6 is 0 Å². The van der Waals surface area contributed by atoms with Crippen molar-refractivity contribution in [2.45, 2.75) is 13.3 Å². The molecule has 16 heavy (non-hydrogen) atoms. The van der Waals surface area contributed by atoms with Gasteiger partial charge in [-0.25, -0.2) is 0 Å². The van der Waals surface area contributed by atoms with Gasteiger partial charge >= 0.3 is 5.97 Å². The molecule has 2 heterocycles. The predicted molar refractivity (Wildman–Crippen MR) is 57.9 cm³/mol. The minimum atomic E-state index is -0.877. The summed E-state index contributed by atoms with van der Waals surface area (Å²) in [7, 11) is 0. The minimum absolute atomic E-state index is 0.0493. The summed E-state index contributed by atoms with van der Waals surface area (Å²) in [6, 6.07) is 3.62. The maximum Gasteiger partial charge on any atom is 0.309 e. The first kappa shape index (κ1) is 10.4. The number of H-pyrrole nitrogens is 1. The highest BCUT2D eigenvalue weighted by atomic mass is 16.4. The molecule has 0 aliphatic rings. The van der Waals surface area contributed by atoms with Gasteiger partial charge in [-0.1, -0.05) is 0 Å². The third-order valence-corrected chi connectivity index (χ3v) is 2.29. The smallest absolute Gasteiger partial charge is 0.309 e. The lowest BCUT2D eigenvalue weighted by atomic mass is 10.1. The molecule has 0 aromatic carbocycles. The summed E-state index contributed by atoms with van der Waals surface area (Å²) in [6.45, 7) is 1.96. The lowest BCUT2D eigenvalue weighted by Crippen LogP contribution is -1.99. The lowest BCUT2D eigenvalue weighted by Gasteiger charge is -1.98. The maximum absolute atomic E-state index is 10.5. The molecule has 5 nitrogen and oxygen atoms in total. The molecule has 0 fully saturated rings. The Morgan fingerprint density at radius 1 is 1.56 bits per heavy atom. The fraction of sp³-hybridized carbons (Fsp3) is 0.182. The first-order valence-corrected chi connectivity index (χ1v) is 4.84. The van der Waals surface area contributed by atoms with Gasteiger partial charge in [-0.15, -0.1) is 0 Å². The Bertz CT molecular complexity index is 519. The van der Waals surface area contributed by atoms with E-state index in [1.807, 2.05) is 13.0 Å². The van der Waals surface area contributed by atoms with Gasteiger partial charge in [-0.2, -0.15) is 5.10 Å². The summed E-state index contributed by atoms with van der Waals surface area (Å²) < 4.78 is 0. The van der Waals surface area contributed by atoms with Crippen LogP contribution in [0.25, 0.3) is 11.3 Å². The van der Waals surface area contributed by atoms with E-state index in [2.05, 4.69) is 15.2 Å². The van der Waals surface area contributed by atoms with Crippen molar-refractivity contribution in [1.82, 2.24) is 15.2 Å². The van der Waals surface area contributed by atoms with Crippen molar-refractivity contribution in [2.24, 2.45) is 0 Å². The van der Waals surface area contributed by atoms with Crippen LogP contribution < -0.4 is 0 Å². The molecule has 2 aromatic rings. The Morgan fingerprint density at radius 3 is 3.06 bits per heavy atom. The fourth-order valence-electron chi connectivity index (χ4n) is 1.49. The quantitative estimate of drug-likeness (QED) is 0.814. The molecule has 2 aromatic heterocycles. The zero-order valence-electron chi connectivity index (χ0n) is 8.77. The number of aliphatic carboxylic acids is 1. The Morgan fingerprint density at radius 2 is 2.38 bits per heavy atom. The first-order chi connectivity index (χ1) is 7.66. The van der Waals surface area contributed by atoms with Gasteiger partial charge in [0, 0.05) is 23.7 Å². The lowest BCUT2D eigenvalue weighted by molar-refractivity contribution is -0.136. The molecule has 2 N–H and O–H groups in total. The Labute approximate surface area is 92.2 Å². The van der Waals surface area contributed by atoms with Gasteiger partial charge in [0.2, 0.25) is 0 Å². The largest absolute Gasteiger partial charge is 0.481 e. The molecule has 0 saturated carbocycles. The monoisotopic (exact) mass is 217 g/mol. The summed E-state index contributed by atoms with van der Waals surface area (Å²) in [5.41, 5.74) is 3.28. The third-order valence-electron chi connectivity index (χ3n) is 2.29. The molecule has 82 valence electrons. The molecule has 2 rings (SSSR count). The average molecular weight is 217 g/mol. The van der Waals surface area contributed by atoms with Gasteiger partial charge in [0.15, 0.2) is 0 Å². The van der Waals surface area contributed by atoms with Crippen LogP contribution in [0.5, 0.6) is 0 Å². The highest BCUT2D eigenvalue weighted by Crippen LogP contribution is 2.20. The zero-order chi connectivity index (χ0) is 11.5. The summed E-state index contributed by atoms with van der Waals surface area (Å²) in [6.07, 6.45) is 3.38. The summed E-state index contributed by atoms with van der Waals surface area (Å²) in [5, 5.41) is 15.4. The fourth-order valence-corrected chi connectivity index (χ4v) is 1.49. The van der Waals surface area contributed by atoms with Crippen LogP contribution in [-0.2, 0) is 11.2 Å². The van der Waals surface area contributed by atoms with E-state index in [-0.39, 0.29) is 6.42 Å². The van der Waals surface area contributed by atoms with E-state index in [0.29, 0.717) is 5.69 Å². The van der Waals surface area contributed by atoms with Crippen molar-refractivity contribution in [3.05, 3.63) is 35.8 Å². The number of nitrogens with zero attached hydrogens (tertiary/aromatic N) is 2. The molecule has 0 radical (unpaired) electrons. The van der Waals surface area contributed by atoms with Crippen LogP contribution in [0, 0.1) is 6.92 Å². The molecule has 0 aliphatic carbocycles. The second kappa shape index (κ2) is 4.14. The van der Waals surface area contributed by atoms with E-state index in [1.54, 1.807) is 18.5 Å². The van der Waals surface area contributed by atoms with Gasteiger partial charge in [-0.3, -0.25) is 14.9 Å². The number of carbonyl (C=O) groups is 1. The second-order valence-electron chi connectivity index (χ2n) is 3.54. The normalized spacial score (nSPS) is 10.3. The van der Waals surface area contributed by atoms with Crippen LogP contribution in [0.15, 0.2) is 24.5 Å². The standard InChI is InChI=1S/C11H11N3O2/c1-7-2-3-12-6-9(7)10-4-8(13-14-10)5-11(15)16/h2-4,6H,5H2,1H3,(H,13,14)(H,15,16). The van der Waals surface area contributed by atoms with Crippen LogP contribution in [0.1, 0.15) is 11.3 Å². The van der Waals surface area contributed by atoms with Crippen molar-refractivity contribution in [1.29, 1.82) is 0 Å². The topological polar surface area (TPSA) is 78.9 Å². The number of aromatic amines is 1. The number of rotatable bonds is 3. The second-order valence-corrected chi connectivity index (χ2v) is 3.54. The summed E-state index contributed by atoms with van der Waals surface area (Å²) in [5.74, 6) is -0.877. The highest BCUT2D eigenvalue weighted by molar-refractivity contribution is 5.71. The van der Waals surface area contributed by atoms with E-state index >= 15 is 0 Å². The molecule has 0 saturated heterocycles. The van der Waals surface area contributed by atoms with Gasteiger partial charge in [0.05, 0.1) is 12.1 Å². The number of hydrogen-bond acceptors (Lipinski definition) is 3. The molecule has 0 aliphatic heterocycles. The van der Waals surface area contributed by atoms with E-state index in [1.165, 1.54) is 0 Å². The van der Waals surface area contributed by atoms with E-state index < -0.39 is 5.97 Å². The van der Waals surface area contributed by atoms with Crippen LogP contribution in [0.3, 0.4) is 0 Å². The Hall–Kier alpha value is -2.17. The predicted octanol–water partition coefficient (Wildman–Crippen LogP) is 1.41. The number of carboxylic acids is 1. The van der Waals surface area contributed by atoms with Crippen LogP contribution in [0.2, 0.25) is 0 Å². The highest BCUT2D eigenvalue weighted by Gasteiger charge is 2.08. The van der Waals surface area contributed by atoms with Crippen molar-refractivity contribution >= 4 is 5.97 Å². The number of aryl methyl sites for hydroxylation is 1. The molecule has 0 atom stereocenters. The van der Waals surface area contributed by atoms with E-state index in [4.69, 9.17) is 5.11 Å². The SMILES string of the molecule is Cc1ccncc1-c1cc(CC(=O)O)[nH]n1. The van der Waals surface area contributed by atoms with Crippen molar-refractivity contribution in [3.8, 4) is 11.3 Å². The molecular formula is C11H11N3O2. The van der Waals surface area contributed by atoms with Crippen LogP contribution in [-0.4, -0.2) is 26.3 Å². The van der Waals surface area contributed by atoms with Crippen molar-refractivity contribution < 1.29 is 9.90 Å². The first-order valence-electron chi connectivity index (χ1n) is 4.84. The van der Waals surface area contributed by atoms with E-state index in [9.17, 15) is 4.79 Å². The number of hydrogen-bond donors (Lipinski definition) is 2. The van der Waals surface area contributed by atoms with Crippen LogP contribution in [0.4, 0.5) is 0 Å². The van der Waals surface area contributed by atoms with Crippen molar-refractivity contribution in [2.75, 3.05) is 0 Å². The van der Waals surface area contributed by atoms with Crippen molar-refractivity contribution in [3.63, 3.8) is 0 Å². The summed E-state index contributed by atoms with van der Waals surface area (Å²) >= 11 is 0. The number of aromatic nitrogens is 3. The van der Waals surface area contributed by atoms with E-state index in [0.717, 1.165) is 16.8 Å². The zero-order valence-corrected chi connectivity index (χ0v) is 8.77. The molecular weight excluding hydrogens is 206 g/mol. The van der Waals surface area contributed by atoms with Gasteiger partial charge in [0.25, 0.3) is 0 Å². The number of nitrogens with one attached hydrogen (secondary N) is 1. The number of carboxylic acid groups (broad SMARTS) is 1. The third kappa shape index (κ3) is 2.08. The summed E-state index contributed by atoms with van der Waals surface area (Å²) in [4.78, 5) is 14.5. The average Bonchev–Trinajstić information content (AvgIpc) is 2.66. The Balaban J connectivity index is 2.32. The number of pyridine rings is 1. The Kier molecular flexibility index (Phi) is 2.68. The molecule has 0 bridgehead atoms.